The molecule has 0 fully saturated rings. The number of nitrogens with one attached hydrogen (secondary N) is 3. The summed E-state index contributed by atoms with van der Waals surface area (Å²) >= 11 is 0. The molecule has 2 aromatic carbocycles. The molecule has 0 saturated carbocycles. The second-order valence-electron chi connectivity index (χ2n) is 6.55. The quantitative estimate of drug-likeness (QED) is 0.320. The number of nitrogens with zero attached hydrogens (tertiary/aromatic N) is 1. The number of para-hydroxylation sites is 2. The molecule has 1 atom stereocenters. The second kappa shape index (κ2) is 8.99. The Bertz CT molecular complexity index is 987. The van der Waals surface area contributed by atoms with Gasteiger partial charge in [0, 0.05) is 10.9 Å². The number of hydrogen-bond acceptors (Lipinski definition) is 4. The van der Waals surface area contributed by atoms with Crippen LogP contribution in [0.3, 0.4) is 0 Å². The van der Waals surface area contributed by atoms with Crippen molar-refractivity contribution in [3.8, 4) is 17.0 Å². The van der Waals surface area contributed by atoms with E-state index in [1.807, 2.05) is 54.6 Å². The van der Waals surface area contributed by atoms with E-state index >= 15 is 0 Å². The standard InChI is InChI=1S/C22H24N4O2/c1-3-8-15(2)28-21-12-7-5-10-17(21)20-13-19(26-22(23)24-14-27)16-9-4-6-11-18(16)25-20/h4-7,9-15H,3,8H2,1-2H3,(H3,23,24,25,26,27). The monoisotopic (exact) mass is 376 g/mol. The van der Waals surface area contributed by atoms with Crippen LogP contribution in [-0.2, 0) is 4.79 Å². The largest absolute Gasteiger partial charge is 0.490 e. The summed E-state index contributed by atoms with van der Waals surface area (Å²) in [5.74, 6) is 0.677. The number of ether oxygens (including phenoxy) is 1. The van der Waals surface area contributed by atoms with Gasteiger partial charge >= 0.3 is 0 Å². The van der Waals surface area contributed by atoms with Crippen LogP contribution in [-0.4, -0.2) is 23.5 Å². The number of aromatic nitrogens is 1. The summed E-state index contributed by atoms with van der Waals surface area (Å²) in [6.07, 6.45) is 2.60. The maximum absolute atomic E-state index is 10.6. The van der Waals surface area contributed by atoms with Gasteiger partial charge in [-0.05, 0) is 37.6 Å². The zero-order valence-corrected chi connectivity index (χ0v) is 16.0. The van der Waals surface area contributed by atoms with E-state index in [9.17, 15) is 4.79 Å². The predicted molar refractivity (Wildman–Crippen MR) is 113 cm³/mol. The van der Waals surface area contributed by atoms with Crippen LogP contribution in [0.2, 0.25) is 0 Å². The molecule has 1 aromatic heterocycles. The summed E-state index contributed by atoms with van der Waals surface area (Å²) in [5, 5.41) is 14.0. The number of benzene rings is 2. The highest BCUT2D eigenvalue weighted by molar-refractivity contribution is 6.04. The van der Waals surface area contributed by atoms with Gasteiger partial charge in [-0.25, -0.2) is 4.98 Å². The van der Waals surface area contributed by atoms with Crippen molar-refractivity contribution in [2.75, 3.05) is 5.32 Å². The number of fused-ring (bicyclic) bond motifs is 1. The van der Waals surface area contributed by atoms with Crippen LogP contribution in [0.4, 0.5) is 5.69 Å². The lowest BCUT2D eigenvalue weighted by atomic mass is 10.1. The zero-order valence-electron chi connectivity index (χ0n) is 16.0. The normalized spacial score (nSPS) is 11.6. The lowest BCUT2D eigenvalue weighted by Crippen LogP contribution is -2.28. The van der Waals surface area contributed by atoms with E-state index in [0.29, 0.717) is 12.1 Å². The van der Waals surface area contributed by atoms with Gasteiger partial charge in [0.2, 0.25) is 6.41 Å². The minimum absolute atomic E-state index is 0.0987. The molecule has 3 aromatic rings. The van der Waals surface area contributed by atoms with Crippen LogP contribution in [0.15, 0.2) is 54.6 Å². The maximum atomic E-state index is 10.6. The van der Waals surface area contributed by atoms with Gasteiger partial charge < -0.3 is 10.1 Å². The Kier molecular flexibility index (Phi) is 6.22. The molecular weight excluding hydrogens is 352 g/mol. The van der Waals surface area contributed by atoms with Crippen LogP contribution in [0.25, 0.3) is 22.2 Å². The molecule has 0 bridgehead atoms. The number of anilines is 1. The van der Waals surface area contributed by atoms with Crippen molar-refractivity contribution in [3.63, 3.8) is 0 Å². The van der Waals surface area contributed by atoms with Crippen molar-refractivity contribution >= 4 is 29.0 Å². The molecule has 6 heteroatoms. The minimum atomic E-state index is -0.0987. The topological polar surface area (TPSA) is 87.1 Å². The predicted octanol–water partition coefficient (Wildman–Crippen LogP) is 4.56. The summed E-state index contributed by atoms with van der Waals surface area (Å²) in [6, 6.07) is 17.4. The van der Waals surface area contributed by atoms with Crippen molar-refractivity contribution in [2.24, 2.45) is 0 Å². The SMILES string of the molecule is CCCC(C)Oc1ccccc1-c1cc(NC(=N)NC=O)c2ccccc2n1. The summed E-state index contributed by atoms with van der Waals surface area (Å²) in [5.41, 5.74) is 3.10. The minimum Gasteiger partial charge on any atom is -0.490 e. The van der Waals surface area contributed by atoms with Crippen LogP contribution in [0.1, 0.15) is 26.7 Å². The molecule has 0 radical (unpaired) electrons. The Morgan fingerprint density at radius 2 is 1.96 bits per heavy atom. The molecule has 3 rings (SSSR count). The Morgan fingerprint density at radius 1 is 1.21 bits per heavy atom. The Morgan fingerprint density at radius 3 is 2.75 bits per heavy atom. The number of amides is 1. The number of guanidine groups is 1. The van der Waals surface area contributed by atoms with Crippen molar-refractivity contribution in [1.29, 1.82) is 5.41 Å². The molecule has 1 heterocycles. The molecule has 0 saturated heterocycles. The zero-order chi connectivity index (χ0) is 19.9. The van der Waals surface area contributed by atoms with E-state index in [4.69, 9.17) is 15.1 Å². The molecule has 3 N–H and O–H groups in total. The van der Waals surface area contributed by atoms with Crippen LogP contribution >= 0.6 is 0 Å². The Labute approximate surface area is 164 Å². The summed E-state index contributed by atoms with van der Waals surface area (Å²) in [7, 11) is 0. The third-order valence-corrected chi connectivity index (χ3v) is 4.37. The molecule has 28 heavy (non-hydrogen) atoms. The fraction of sp³-hybridized carbons (Fsp3) is 0.227. The van der Waals surface area contributed by atoms with Gasteiger partial charge in [0.25, 0.3) is 0 Å². The molecule has 0 aliphatic carbocycles. The third kappa shape index (κ3) is 4.46. The van der Waals surface area contributed by atoms with Crippen molar-refractivity contribution in [1.82, 2.24) is 10.3 Å². The maximum Gasteiger partial charge on any atom is 0.213 e. The van der Waals surface area contributed by atoms with Gasteiger partial charge in [-0.2, -0.15) is 0 Å². The number of carbonyl (C=O) groups excluding carboxylic acids is 1. The highest BCUT2D eigenvalue weighted by Gasteiger charge is 2.14. The second-order valence-corrected chi connectivity index (χ2v) is 6.55. The lowest BCUT2D eigenvalue weighted by molar-refractivity contribution is -0.108. The van der Waals surface area contributed by atoms with E-state index in [1.165, 1.54) is 0 Å². The first-order valence-corrected chi connectivity index (χ1v) is 9.34. The van der Waals surface area contributed by atoms with Gasteiger partial charge in [-0.1, -0.05) is 43.7 Å². The number of carbonyl (C=O) groups is 1. The van der Waals surface area contributed by atoms with E-state index in [0.717, 1.165) is 40.8 Å². The molecule has 1 amide bonds. The average Bonchev–Trinajstić information content (AvgIpc) is 2.68. The summed E-state index contributed by atoms with van der Waals surface area (Å²) in [4.78, 5) is 15.4. The third-order valence-electron chi connectivity index (χ3n) is 4.37. The lowest BCUT2D eigenvalue weighted by Gasteiger charge is -2.18. The van der Waals surface area contributed by atoms with Gasteiger partial charge in [0.05, 0.1) is 23.0 Å². The van der Waals surface area contributed by atoms with Gasteiger partial charge in [0.1, 0.15) is 5.75 Å². The van der Waals surface area contributed by atoms with Crippen molar-refractivity contribution in [2.45, 2.75) is 32.8 Å². The van der Waals surface area contributed by atoms with E-state index < -0.39 is 0 Å². The molecule has 0 spiro atoms. The molecule has 0 aliphatic rings. The van der Waals surface area contributed by atoms with Gasteiger partial charge in [-0.3, -0.25) is 15.5 Å². The molecular formula is C22H24N4O2. The smallest absolute Gasteiger partial charge is 0.213 e. The van der Waals surface area contributed by atoms with Gasteiger partial charge in [-0.15, -0.1) is 0 Å². The fourth-order valence-corrected chi connectivity index (χ4v) is 3.11. The average molecular weight is 376 g/mol. The first-order valence-electron chi connectivity index (χ1n) is 9.34. The van der Waals surface area contributed by atoms with E-state index in [2.05, 4.69) is 24.5 Å². The summed E-state index contributed by atoms with van der Waals surface area (Å²) < 4.78 is 6.15. The Hall–Kier alpha value is -3.41. The molecule has 144 valence electrons. The van der Waals surface area contributed by atoms with Crippen LogP contribution in [0, 0.1) is 5.41 Å². The molecule has 6 nitrogen and oxygen atoms in total. The summed E-state index contributed by atoms with van der Waals surface area (Å²) in [6.45, 7) is 4.20. The molecule has 1 unspecified atom stereocenters. The number of rotatable bonds is 7. The number of hydrogen-bond donors (Lipinski definition) is 3. The first-order chi connectivity index (χ1) is 13.6. The van der Waals surface area contributed by atoms with Crippen molar-refractivity contribution in [3.05, 3.63) is 54.6 Å². The highest BCUT2D eigenvalue weighted by Crippen LogP contribution is 2.34. The highest BCUT2D eigenvalue weighted by atomic mass is 16.5. The Balaban J connectivity index is 2.06. The van der Waals surface area contributed by atoms with Crippen molar-refractivity contribution < 1.29 is 9.53 Å². The van der Waals surface area contributed by atoms with E-state index in [-0.39, 0.29) is 12.1 Å². The molecule has 0 aliphatic heterocycles. The first kappa shape index (κ1) is 19.4. The fourth-order valence-electron chi connectivity index (χ4n) is 3.11. The van der Waals surface area contributed by atoms with Crippen LogP contribution < -0.4 is 15.4 Å². The van der Waals surface area contributed by atoms with Gasteiger partial charge in [0.15, 0.2) is 5.96 Å². The number of pyridine rings is 1. The van der Waals surface area contributed by atoms with E-state index in [1.54, 1.807) is 0 Å². The van der Waals surface area contributed by atoms with Crippen LogP contribution in [0.5, 0.6) is 5.75 Å².